The van der Waals surface area contributed by atoms with Crippen LogP contribution in [0.25, 0.3) is 6.08 Å². The third-order valence-corrected chi connectivity index (χ3v) is 2.14. The fraction of sp³-hybridized carbons (Fsp3) is 0.111. The summed E-state index contributed by atoms with van der Waals surface area (Å²) in [6.45, 7) is 0. The second kappa shape index (κ2) is 5.02. The summed E-state index contributed by atoms with van der Waals surface area (Å²) in [4.78, 5) is 9.92. The third-order valence-electron chi connectivity index (χ3n) is 1.60. The molecule has 0 unspecified atom stereocenters. The molecule has 0 aliphatic carbocycles. The monoisotopic (exact) mass is 229 g/mol. The van der Waals surface area contributed by atoms with Gasteiger partial charge < -0.3 is 0 Å². The zero-order chi connectivity index (χ0) is 10.6. The van der Waals surface area contributed by atoms with Crippen LogP contribution in [0.4, 0.5) is 5.69 Å². The molecule has 0 amide bonds. The molecular weight excluding hydrogens is 222 g/mol. The maximum absolute atomic E-state index is 10.4. The Morgan fingerprint density at radius 1 is 1.57 bits per heavy atom. The molecule has 0 atom stereocenters. The molecule has 0 bridgehead atoms. The number of halogens is 1. The van der Waals surface area contributed by atoms with Gasteiger partial charge in [-0.25, -0.2) is 0 Å². The van der Waals surface area contributed by atoms with Crippen molar-refractivity contribution >= 4 is 36.0 Å². The average Bonchev–Trinajstić information content (AvgIpc) is 2.15. The molecule has 1 aromatic carbocycles. The highest BCUT2D eigenvalue weighted by molar-refractivity contribution is 7.80. The van der Waals surface area contributed by atoms with E-state index in [-0.39, 0.29) is 5.69 Å². The summed E-state index contributed by atoms with van der Waals surface area (Å²) < 4.78 is 0. The van der Waals surface area contributed by atoms with Crippen LogP contribution in [0.5, 0.6) is 0 Å². The molecule has 1 aromatic rings. The highest BCUT2D eigenvalue weighted by Gasteiger charge is 2.07. The Labute approximate surface area is 91.9 Å². The topological polar surface area (TPSA) is 43.1 Å². The number of nitrogens with zero attached hydrogens (tertiary/aromatic N) is 1. The van der Waals surface area contributed by atoms with Crippen LogP contribution in [0.1, 0.15) is 5.56 Å². The molecule has 0 aromatic heterocycles. The number of thiol groups is 1. The maximum atomic E-state index is 10.4. The van der Waals surface area contributed by atoms with E-state index in [9.17, 15) is 10.1 Å². The predicted molar refractivity (Wildman–Crippen MR) is 61.0 cm³/mol. The number of benzene rings is 1. The lowest BCUT2D eigenvalue weighted by Crippen LogP contribution is -1.87. The lowest BCUT2D eigenvalue weighted by Gasteiger charge is -1.97. The summed E-state index contributed by atoms with van der Waals surface area (Å²) >= 11 is 9.83. The molecule has 0 spiro atoms. The standard InChI is InChI=1S/C9H8ClNO2S/c10-9-6-8(11(12)13)4-3-7(9)2-1-5-14/h1-4,6,14H,5H2. The Morgan fingerprint density at radius 3 is 2.79 bits per heavy atom. The first-order valence-corrected chi connectivity index (χ1v) is 4.87. The number of non-ortho nitro benzene ring substituents is 1. The van der Waals surface area contributed by atoms with Crippen LogP contribution in [0.3, 0.4) is 0 Å². The van der Waals surface area contributed by atoms with E-state index >= 15 is 0 Å². The molecule has 0 N–H and O–H groups in total. The van der Waals surface area contributed by atoms with Gasteiger partial charge in [0.25, 0.3) is 5.69 Å². The van der Waals surface area contributed by atoms with Gasteiger partial charge in [-0.05, 0) is 11.6 Å². The SMILES string of the molecule is O=[N+]([O-])c1ccc(C=CCS)c(Cl)c1. The second-order valence-electron chi connectivity index (χ2n) is 2.55. The van der Waals surface area contributed by atoms with E-state index < -0.39 is 4.92 Å². The number of rotatable bonds is 3. The van der Waals surface area contributed by atoms with Gasteiger partial charge in [-0.15, -0.1) is 0 Å². The number of hydrogen-bond donors (Lipinski definition) is 1. The number of nitro benzene ring substituents is 1. The Balaban J connectivity index is 3.01. The summed E-state index contributed by atoms with van der Waals surface area (Å²) in [6, 6.07) is 4.37. The molecule has 0 radical (unpaired) electrons. The van der Waals surface area contributed by atoms with Crippen molar-refractivity contribution in [1.82, 2.24) is 0 Å². The van der Waals surface area contributed by atoms with Crippen LogP contribution in [0.2, 0.25) is 5.02 Å². The predicted octanol–water partition coefficient (Wildman–Crippen LogP) is 3.19. The number of nitro groups is 1. The Kier molecular flexibility index (Phi) is 3.98. The molecule has 0 saturated carbocycles. The first-order chi connectivity index (χ1) is 6.65. The number of hydrogen-bond acceptors (Lipinski definition) is 3. The summed E-state index contributed by atoms with van der Waals surface area (Å²) in [7, 11) is 0. The first kappa shape index (κ1) is 11.1. The van der Waals surface area contributed by atoms with Crippen LogP contribution in [-0.2, 0) is 0 Å². The van der Waals surface area contributed by atoms with Crippen molar-refractivity contribution < 1.29 is 4.92 Å². The zero-order valence-corrected chi connectivity index (χ0v) is 8.83. The second-order valence-corrected chi connectivity index (χ2v) is 3.32. The highest BCUT2D eigenvalue weighted by Crippen LogP contribution is 2.23. The minimum absolute atomic E-state index is 0.00183. The van der Waals surface area contributed by atoms with Gasteiger partial charge in [0.1, 0.15) is 0 Å². The van der Waals surface area contributed by atoms with Crippen LogP contribution < -0.4 is 0 Å². The van der Waals surface area contributed by atoms with Crippen molar-refractivity contribution in [2.75, 3.05) is 5.75 Å². The Morgan fingerprint density at radius 2 is 2.29 bits per heavy atom. The van der Waals surface area contributed by atoms with Crippen molar-refractivity contribution in [1.29, 1.82) is 0 Å². The van der Waals surface area contributed by atoms with Gasteiger partial charge in [0, 0.05) is 17.9 Å². The van der Waals surface area contributed by atoms with Crippen LogP contribution in [-0.4, -0.2) is 10.7 Å². The minimum Gasteiger partial charge on any atom is -0.258 e. The molecule has 0 aliphatic heterocycles. The molecule has 0 aliphatic rings. The lowest BCUT2D eigenvalue weighted by atomic mass is 10.2. The van der Waals surface area contributed by atoms with E-state index in [2.05, 4.69) is 12.6 Å². The molecule has 5 heteroatoms. The van der Waals surface area contributed by atoms with Crippen molar-refractivity contribution in [3.05, 3.63) is 45.0 Å². The van der Waals surface area contributed by atoms with Gasteiger partial charge in [-0.3, -0.25) is 10.1 Å². The summed E-state index contributed by atoms with van der Waals surface area (Å²) in [5, 5.41) is 10.8. The molecule has 0 heterocycles. The fourth-order valence-corrected chi connectivity index (χ4v) is 1.29. The smallest absolute Gasteiger partial charge is 0.258 e. The molecule has 0 saturated heterocycles. The van der Waals surface area contributed by atoms with Crippen LogP contribution in [0.15, 0.2) is 24.3 Å². The quantitative estimate of drug-likeness (QED) is 0.491. The van der Waals surface area contributed by atoms with Gasteiger partial charge in [0.2, 0.25) is 0 Å². The molecule has 1 rings (SSSR count). The Bertz CT molecular complexity index is 379. The highest BCUT2D eigenvalue weighted by atomic mass is 35.5. The van der Waals surface area contributed by atoms with Crippen molar-refractivity contribution in [3.63, 3.8) is 0 Å². The molecular formula is C9H8ClNO2S. The summed E-state index contributed by atoms with van der Waals surface area (Å²) in [6.07, 6.45) is 3.59. The van der Waals surface area contributed by atoms with E-state index in [4.69, 9.17) is 11.6 Å². The summed E-state index contributed by atoms with van der Waals surface area (Å²) in [5.74, 6) is 0.604. The maximum Gasteiger partial charge on any atom is 0.270 e. The van der Waals surface area contributed by atoms with Gasteiger partial charge >= 0.3 is 0 Å². The van der Waals surface area contributed by atoms with Crippen molar-refractivity contribution in [2.24, 2.45) is 0 Å². The van der Waals surface area contributed by atoms with E-state index in [0.29, 0.717) is 10.8 Å². The van der Waals surface area contributed by atoms with Gasteiger partial charge in [0.05, 0.1) is 9.95 Å². The fourth-order valence-electron chi connectivity index (χ4n) is 0.944. The van der Waals surface area contributed by atoms with E-state index in [1.807, 2.05) is 6.08 Å². The summed E-state index contributed by atoms with van der Waals surface area (Å²) in [5.41, 5.74) is 0.754. The third kappa shape index (κ3) is 2.75. The van der Waals surface area contributed by atoms with Gasteiger partial charge in [0.15, 0.2) is 0 Å². The molecule has 14 heavy (non-hydrogen) atoms. The Hall–Kier alpha value is -1.000. The molecule has 74 valence electrons. The average molecular weight is 230 g/mol. The zero-order valence-electron chi connectivity index (χ0n) is 7.18. The first-order valence-electron chi connectivity index (χ1n) is 3.86. The van der Waals surface area contributed by atoms with Crippen LogP contribution in [0, 0.1) is 10.1 Å². The molecule has 0 fully saturated rings. The largest absolute Gasteiger partial charge is 0.270 e. The van der Waals surface area contributed by atoms with Crippen LogP contribution >= 0.6 is 24.2 Å². The molecule has 3 nitrogen and oxygen atoms in total. The van der Waals surface area contributed by atoms with Gasteiger partial charge in [-0.1, -0.05) is 23.8 Å². The van der Waals surface area contributed by atoms with E-state index in [1.165, 1.54) is 12.1 Å². The van der Waals surface area contributed by atoms with Crippen molar-refractivity contribution in [3.8, 4) is 0 Å². The van der Waals surface area contributed by atoms with E-state index in [0.717, 1.165) is 5.56 Å². The van der Waals surface area contributed by atoms with E-state index in [1.54, 1.807) is 12.1 Å². The minimum atomic E-state index is -0.474. The van der Waals surface area contributed by atoms with Gasteiger partial charge in [-0.2, -0.15) is 12.6 Å². The lowest BCUT2D eigenvalue weighted by molar-refractivity contribution is -0.384. The van der Waals surface area contributed by atoms with Crippen molar-refractivity contribution in [2.45, 2.75) is 0 Å². The normalized spacial score (nSPS) is 10.7.